The minimum atomic E-state index is 0.166. The van der Waals surface area contributed by atoms with Crippen molar-refractivity contribution in [3.8, 4) is 0 Å². The van der Waals surface area contributed by atoms with Crippen LogP contribution in [0.2, 0.25) is 0 Å². The summed E-state index contributed by atoms with van der Waals surface area (Å²) < 4.78 is 1.88. The molecule has 8 unspecified atom stereocenters. The van der Waals surface area contributed by atoms with Crippen LogP contribution in [0.4, 0.5) is 0 Å². The van der Waals surface area contributed by atoms with Gasteiger partial charge in [0.15, 0.2) is 5.78 Å². The first-order valence-electron chi connectivity index (χ1n) is 13.6. The van der Waals surface area contributed by atoms with Crippen LogP contribution in [0.3, 0.4) is 0 Å². The van der Waals surface area contributed by atoms with Gasteiger partial charge in [-0.25, -0.2) is 0 Å². The van der Waals surface area contributed by atoms with Gasteiger partial charge >= 0.3 is 0 Å². The number of carbonyl (C=O) groups is 1. The summed E-state index contributed by atoms with van der Waals surface area (Å²) >= 11 is 0. The van der Waals surface area contributed by atoms with E-state index < -0.39 is 0 Å². The molecule has 0 spiro atoms. The third-order valence-corrected chi connectivity index (χ3v) is 11.4. The van der Waals surface area contributed by atoms with Gasteiger partial charge < -0.3 is 0 Å². The van der Waals surface area contributed by atoms with Crippen LogP contribution in [0.15, 0.2) is 24.7 Å². The topological polar surface area (TPSA) is 47.8 Å². The maximum absolute atomic E-state index is 13.7. The Morgan fingerprint density at radius 3 is 2.67 bits per heavy atom. The Kier molecular flexibility index (Phi) is 5.05. The number of ketones is 1. The fraction of sp³-hybridized carbons (Fsp3) is 0.759. The molecule has 33 heavy (non-hydrogen) atoms. The number of Topliss-reactive ketones (excluding diaryl/α,β-unsaturated/α-hetero) is 1. The normalized spacial score (nSPS) is 44.8. The van der Waals surface area contributed by atoms with Crippen LogP contribution in [0.5, 0.6) is 0 Å². The van der Waals surface area contributed by atoms with Gasteiger partial charge in [-0.05, 0) is 97.3 Å². The van der Waals surface area contributed by atoms with E-state index in [1.165, 1.54) is 44.9 Å². The molecule has 0 saturated heterocycles. The molecular formula is C29H41N3O. The molecule has 0 amide bonds. The molecule has 9 atom stereocenters. The van der Waals surface area contributed by atoms with Crippen molar-refractivity contribution in [3.05, 3.63) is 24.7 Å². The molecule has 4 nitrogen and oxygen atoms in total. The molecule has 4 fully saturated rings. The Morgan fingerprint density at radius 1 is 1.03 bits per heavy atom. The molecule has 0 aromatic carbocycles. The predicted octanol–water partition coefficient (Wildman–Crippen LogP) is 6.54. The minimum absolute atomic E-state index is 0.166. The zero-order chi connectivity index (χ0) is 23.0. The van der Waals surface area contributed by atoms with Gasteiger partial charge in [0, 0.05) is 17.5 Å². The summed E-state index contributed by atoms with van der Waals surface area (Å²) in [6.07, 6.45) is 16.1. The van der Waals surface area contributed by atoms with E-state index in [0.717, 1.165) is 46.9 Å². The molecule has 0 radical (unpaired) electrons. The molecule has 2 aromatic rings. The molecule has 2 heterocycles. The second-order valence-corrected chi connectivity index (χ2v) is 13.0. The number of pyridine rings is 1. The van der Waals surface area contributed by atoms with Crippen molar-refractivity contribution in [3.63, 3.8) is 0 Å². The average Bonchev–Trinajstić information content (AvgIpc) is 3.36. The van der Waals surface area contributed by atoms with Crippen LogP contribution < -0.4 is 0 Å². The Morgan fingerprint density at radius 2 is 1.82 bits per heavy atom. The van der Waals surface area contributed by atoms with Crippen LogP contribution in [0.25, 0.3) is 10.9 Å². The van der Waals surface area contributed by atoms with E-state index in [2.05, 4.69) is 37.8 Å². The van der Waals surface area contributed by atoms with Gasteiger partial charge in [-0.15, -0.1) is 0 Å². The Balaban J connectivity index is 1.25. The van der Waals surface area contributed by atoms with Crippen LogP contribution in [-0.2, 0) is 11.3 Å². The Bertz CT molecular complexity index is 1060. The van der Waals surface area contributed by atoms with E-state index in [4.69, 9.17) is 0 Å². The highest BCUT2D eigenvalue weighted by atomic mass is 16.1. The zero-order valence-corrected chi connectivity index (χ0v) is 21.0. The Labute approximate surface area is 198 Å². The number of rotatable bonds is 3. The fourth-order valence-corrected chi connectivity index (χ4v) is 9.68. The van der Waals surface area contributed by atoms with Crippen molar-refractivity contribution in [2.24, 2.45) is 52.3 Å². The van der Waals surface area contributed by atoms with Gasteiger partial charge in [0.25, 0.3) is 0 Å². The largest absolute Gasteiger partial charge is 0.297 e. The van der Waals surface area contributed by atoms with E-state index >= 15 is 0 Å². The molecule has 0 N–H and O–H groups in total. The first kappa shape index (κ1) is 21.8. The third-order valence-electron chi connectivity index (χ3n) is 11.4. The van der Waals surface area contributed by atoms with Crippen molar-refractivity contribution in [2.75, 3.05) is 0 Å². The number of carbonyl (C=O) groups excluding carboxylic acids is 1. The SMILES string of the molecule is CC1CCC2(C)C(C1)C[C@@H](C)C1C2CCC2(C)C(C(=O)Cn3ncc4ccncc43)CCC12. The van der Waals surface area contributed by atoms with Crippen molar-refractivity contribution in [1.82, 2.24) is 14.8 Å². The third kappa shape index (κ3) is 3.18. The standard InChI is InChI=1S/C29H41N3O/c1-18-7-10-28(3)21(13-18)14-19(2)27-23-6-5-22(29(23,4)11-8-24(27)28)26(33)17-32-25-16-30-12-9-20(25)15-31-32/h9,12,15-16,18-19,21-24,27H,5-8,10-11,13-14,17H2,1-4H3/t18?,19-,21?,22?,23?,24?,27?,28?,29?/m1/s1. The van der Waals surface area contributed by atoms with Gasteiger partial charge in [0.05, 0.1) is 17.9 Å². The second-order valence-electron chi connectivity index (χ2n) is 13.0. The van der Waals surface area contributed by atoms with Gasteiger partial charge in [-0.1, -0.05) is 34.1 Å². The lowest BCUT2D eigenvalue weighted by Crippen LogP contribution is -2.56. The molecule has 2 aromatic heterocycles. The second kappa shape index (κ2) is 7.65. The fourth-order valence-electron chi connectivity index (χ4n) is 9.68. The summed E-state index contributed by atoms with van der Waals surface area (Å²) in [4.78, 5) is 18.0. The van der Waals surface area contributed by atoms with Crippen molar-refractivity contribution in [2.45, 2.75) is 85.6 Å². The van der Waals surface area contributed by atoms with Crippen molar-refractivity contribution < 1.29 is 4.79 Å². The molecule has 4 aliphatic carbocycles. The first-order chi connectivity index (χ1) is 15.8. The molecule has 4 aliphatic rings. The lowest BCUT2D eigenvalue weighted by molar-refractivity contribution is -0.148. The van der Waals surface area contributed by atoms with E-state index in [0.29, 0.717) is 23.7 Å². The smallest absolute Gasteiger partial charge is 0.157 e. The minimum Gasteiger partial charge on any atom is -0.297 e. The summed E-state index contributed by atoms with van der Waals surface area (Å²) in [7, 11) is 0. The monoisotopic (exact) mass is 447 g/mol. The average molecular weight is 448 g/mol. The maximum atomic E-state index is 13.7. The quantitative estimate of drug-likeness (QED) is 0.536. The number of hydrogen-bond acceptors (Lipinski definition) is 3. The lowest BCUT2D eigenvalue weighted by atomic mass is 9.42. The maximum Gasteiger partial charge on any atom is 0.157 e. The molecule has 0 aliphatic heterocycles. The van der Waals surface area contributed by atoms with Crippen molar-refractivity contribution >= 4 is 16.7 Å². The molecular weight excluding hydrogens is 406 g/mol. The highest BCUT2D eigenvalue weighted by Gasteiger charge is 2.62. The molecule has 4 saturated carbocycles. The highest BCUT2D eigenvalue weighted by Crippen LogP contribution is 2.69. The number of aromatic nitrogens is 3. The van der Waals surface area contributed by atoms with Gasteiger partial charge in [-0.2, -0.15) is 5.10 Å². The van der Waals surface area contributed by atoms with E-state index in [1.54, 1.807) is 6.20 Å². The summed E-state index contributed by atoms with van der Waals surface area (Å²) in [5, 5.41) is 5.59. The van der Waals surface area contributed by atoms with Crippen LogP contribution >= 0.6 is 0 Å². The zero-order valence-electron chi connectivity index (χ0n) is 21.0. The predicted molar refractivity (Wildman–Crippen MR) is 131 cm³/mol. The number of fused-ring (bicyclic) bond motifs is 6. The summed E-state index contributed by atoms with van der Waals surface area (Å²) in [5.74, 6) is 5.60. The van der Waals surface area contributed by atoms with Gasteiger partial charge in [0.1, 0.15) is 6.54 Å². The van der Waals surface area contributed by atoms with Crippen molar-refractivity contribution in [1.29, 1.82) is 0 Å². The van der Waals surface area contributed by atoms with Gasteiger partial charge in [0.2, 0.25) is 0 Å². The first-order valence-corrected chi connectivity index (χ1v) is 13.6. The molecule has 4 heteroatoms. The van der Waals surface area contributed by atoms with Crippen LogP contribution in [0, 0.1) is 52.3 Å². The van der Waals surface area contributed by atoms with E-state index in [1.807, 2.05) is 23.1 Å². The summed E-state index contributed by atoms with van der Waals surface area (Å²) in [6.45, 7) is 10.6. The van der Waals surface area contributed by atoms with Gasteiger partial charge in [-0.3, -0.25) is 14.5 Å². The summed E-state index contributed by atoms with van der Waals surface area (Å²) in [5.41, 5.74) is 1.67. The van der Waals surface area contributed by atoms with Crippen LogP contribution in [0.1, 0.15) is 79.1 Å². The van der Waals surface area contributed by atoms with E-state index in [-0.39, 0.29) is 11.3 Å². The summed E-state index contributed by atoms with van der Waals surface area (Å²) in [6, 6.07) is 1.97. The lowest BCUT2D eigenvalue weighted by Gasteiger charge is -2.63. The molecule has 0 bridgehead atoms. The number of nitrogens with zero attached hydrogens (tertiary/aromatic N) is 3. The highest BCUT2D eigenvalue weighted by molar-refractivity contribution is 5.84. The Hall–Kier alpha value is -1.71. The van der Waals surface area contributed by atoms with Crippen LogP contribution in [-0.4, -0.2) is 20.5 Å². The van der Waals surface area contributed by atoms with E-state index in [9.17, 15) is 4.79 Å². The molecule has 178 valence electrons. The number of hydrogen-bond donors (Lipinski definition) is 0. The molecule has 6 rings (SSSR count).